The molecule has 2 atom stereocenters. The topological polar surface area (TPSA) is 55.6 Å². The Balaban J connectivity index is 1.56. The molecular formula is C24H38N2O2. The van der Waals surface area contributed by atoms with Crippen molar-refractivity contribution in [2.24, 2.45) is 11.7 Å². The molecule has 4 nitrogen and oxygen atoms in total. The van der Waals surface area contributed by atoms with Gasteiger partial charge in [0.2, 0.25) is 5.91 Å². The lowest BCUT2D eigenvalue weighted by Gasteiger charge is -2.45. The van der Waals surface area contributed by atoms with E-state index in [2.05, 4.69) is 24.8 Å². The predicted octanol–water partition coefficient (Wildman–Crippen LogP) is 4.51. The number of primary amides is 1. The van der Waals surface area contributed by atoms with Crippen LogP contribution in [-0.4, -0.2) is 43.2 Å². The number of carbonyl (C=O) groups is 1. The SMILES string of the molecule is COC1(CCCN2CCC(C)(c3cccc(C(N)=O)c3)C(C)C2)CCCCC1. The molecule has 1 saturated carbocycles. The van der Waals surface area contributed by atoms with Crippen molar-refractivity contribution in [2.75, 3.05) is 26.7 Å². The molecule has 1 aliphatic carbocycles. The van der Waals surface area contributed by atoms with Gasteiger partial charge in [0.05, 0.1) is 5.60 Å². The minimum atomic E-state index is -0.342. The molecular weight excluding hydrogens is 348 g/mol. The number of likely N-dealkylation sites (tertiary alicyclic amines) is 1. The first-order valence-electron chi connectivity index (χ1n) is 11.1. The van der Waals surface area contributed by atoms with Gasteiger partial charge < -0.3 is 15.4 Å². The highest BCUT2D eigenvalue weighted by Gasteiger charge is 2.38. The molecule has 1 amide bonds. The summed E-state index contributed by atoms with van der Waals surface area (Å²) < 4.78 is 5.95. The molecule has 3 rings (SSSR count). The maximum Gasteiger partial charge on any atom is 0.248 e. The third-order valence-corrected chi connectivity index (χ3v) is 7.68. The lowest BCUT2D eigenvalue weighted by molar-refractivity contribution is -0.0487. The Labute approximate surface area is 170 Å². The van der Waals surface area contributed by atoms with Gasteiger partial charge in [0, 0.05) is 19.2 Å². The van der Waals surface area contributed by atoms with Crippen molar-refractivity contribution in [1.82, 2.24) is 4.90 Å². The number of amides is 1. The van der Waals surface area contributed by atoms with Gasteiger partial charge in [-0.05, 0) is 74.2 Å². The van der Waals surface area contributed by atoms with Crippen LogP contribution in [0.4, 0.5) is 0 Å². The van der Waals surface area contributed by atoms with Crippen molar-refractivity contribution >= 4 is 5.91 Å². The van der Waals surface area contributed by atoms with Gasteiger partial charge in [-0.3, -0.25) is 4.79 Å². The molecule has 1 aromatic rings. The van der Waals surface area contributed by atoms with Crippen molar-refractivity contribution in [3.63, 3.8) is 0 Å². The highest BCUT2D eigenvalue weighted by molar-refractivity contribution is 5.92. The second kappa shape index (κ2) is 8.96. The van der Waals surface area contributed by atoms with Crippen LogP contribution in [0.3, 0.4) is 0 Å². The van der Waals surface area contributed by atoms with Crippen LogP contribution in [0.25, 0.3) is 0 Å². The van der Waals surface area contributed by atoms with E-state index < -0.39 is 0 Å². The van der Waals surface area contributed by atoms with Gasteiger partial charge in [-0.2, -0.15) is 0 Å². The Hall–Kier alpha value is -1.39. The van der Waals surface area contributed by atoms with Gasteiger partial charge in [-0.15, -0.1) is 0 Å². The van der Waals surface area contributed by atoms with Gasteiger partial charge in [0.15, 0.2) is 0 Å². The Morgan fingerprint density at radius 1 is 1.25 bits per heavy atom. The van der Waals surface area contributed by atoms with E-state index in [4.69, 9.17) is 10.5 Å². The number of carbonyl (C=O) groups excluding carboxylic acids is 1. The zero-order valence-electron chi connectivity index (χ0n) is 18.0. The van der Waals surface area contributed by atoms with Crippen LogP contribution in [-0.2, 0) is 10.2 Å². The Morgan fingerprint density at radius 2 is 2.00 bits per heavy atom. The van der Waals surface area contributed by atoms with E-state index in [1.54, 1.807) is 0 Å². The summed E-state index contributed by atoms with van der Waals surface area (Å²) in [6.45, 7) is 8.07. The van der Waals surface area contributed by atoms with E-state index in [9.17, 15) is 4.79 Å². The number of nitrogens with zero attached hydrogens (tertiary/aromatic N) is 1. The molecule has 1 heterocycles. The fraction of sp³-hybridized carbons (Fsp3) is 0.708. The molecule has 0 radical (unpaired) electrons. The van der Waals surface area contributed by atoms with Crippen molar-refractivity contribution in [2.45, 2.75) is 76.2 Å². The largest absolute Gasteiger partial charge is 0.378 e. The molecule has 2 unspecified atom stereocenters. The fourth-order valence-corrected chi connectivity index (χ4v) is 5.35. The number of ether oxygens (including phenoxy) is 1. The molecule has 1 saturated heterocycles. The molecule has 0 aromatic heterocycles. The average molecular weight is 387 g/mol. The van der Waals surface area contributed by atoms with Crippen LogP contribution in [0, 0.1) is 5.92 Å². The fourth-order valence-electron chi connectivity index (χ4n) is 5.35. The second-order valence-electron chi connectivity index (χ2n) is 9.37. The molecule has 2 aliphatic rings. The van der Waals surface area contributed by atoms with E-state index in [-0.39, 0.29) is 16.9 Å². The van der Waals surface area contributed by atoms with Crippen molar-refractivity contribution in [3.05, 3.63) is 35.4 Å². The predicted molar refractivity (Wildman–Crippen MR) is 115 cm³/mol. The average Bonchev–Trinajstić information content (AvgIpc) is 2.71. The first-order chi connectivity index (χ1) is 13.4. The summed E-state index contributed by atoms with van der Waals surface area (Å²) in [6.07, 6.45) is 9.98. The number of rotatable bonds is 7. The monoisotopic (exact) mass is 386 g/mol. The molecule has 0 spiro atoms. The van der Waals surface area contributed by atoms with Crippen molar-refractivity contribution in [1.29, 1.82) is 0 Å². The third kappa shape index (κ3) is 4.60. The van der Waals surface area contributed by atoms with Crippen LogP contribution >= 0.6 is 0 Å². The quantitative estimate of drug-likeness (QED) is 0.750. The molecule has 4 heteroatoms. The molecule has 0 bridgehead atoms. The first kappa shape index (κ1) is 21.3. The van der Waals surface area contributed by atoms with Crippen LogP contribution < -0.4 is 5.73 Å². The van der Waals surface area contributed by atoms with Crippen molar-refractivity contribution < 1.29 is 9.53 Å². The summed E-state index contributed by atoms with van der Waals surface area (Å²) in [5.41, 5.74) is 7.59. The van der Waals surface area contributed by atoms with Gasteiger partial charge in [-0.25, -0.2) is 0 Å². The normalized spacial score (nSPS) is 28.2. The number of methoxy groups -OCH3 is 1. The summed E-state index contributed by atoms with van der Waals surface area (Å²) in [5.74, 6) is 0.195. The molecule has 1 aromatic carbocycles. The van der Waals surface area contributed by atoms with E-state index in [0.717, 1.165) is 26.1 Å². The third-order valence-electron chi connectivity index (χ3n) is 7.68. The lowest BCUT2D eigenvalue weighted by Crippen LogP contribution is -2.47. The summed E-state index contributed by atoms with van der Waals surface area (Å²) in [4.78, 5) is 14.2. The number of nitrogens with two attached hydrogens (primary N) is 1. The Morgan fingerprint density at radius 3 is 2.64 bits per heavy atom. The van der Waals surface area contributed by atoms with Crippen LogP contribution in [0.5, 0.6) is 0 Å². The zero-order chi connectivity index (χ0) is 20.2. The molecule has 2 N–H and O–H groups in total. The standard InChI is InChI=1S/C24H38N2O2/c1-19-18-26(15-8-13-24(28-3)11-5-4-6-12-24)16-14-23(19,2)21-10-7-9-20(17-21)22(25)27/h7,9-10,17,19H,4-6,8,11-16,18H2,1-3H3,(H2,25,27). The molecule has 2 fully saturated rings. The van der Waals surface area contributed by atoms with Crippen LogP contribution in [0.2, 0.25) is 0 Å². The number of hydrogen-bond acceptors (Lipinski definition) is 3. The molecule has 1 aliphatic heterocycles. The number of hydrogen-bond donors (Lipinski definition) is 1. The van der Waals surface area contributed by atoms with E-state index >= 15 is 0 Å². The first-order valence-corrected chi connectivity index (χ1v) is 11.1. The zero-order valence-corrected chi connectivity index (χ0v) is 18.0. The number of piperidine rings is 1. The van der Waals surface area contributed by atoms with E-state index in [1.165, 1.54) is 50.5 Å². The summed E-state index contributed by atoms with van der Waals surface area (Å²) in [6, 6.07) is 7.93. The lowest BCUT2D eigenvalue weighted by atomic mass is 9.67. The second-order valence-corrected chi connectivity index (χ2v) is 9.37. The Bertz CT molecular complexity index is 668. The highest BCUT2D eigenvalue weighted by Crippen LogP contribution is 2.40. The maximum atomic E-state index is 11.6. The Kier molecular flexibility index (Phi) is 6.82. The molecule has 28 heavy (non-hydrogen) atoms. The number of benzene rings is 1. The minimum absolute atomic E-state index is 0.0963. The van der Waals surface area contributed by atoms with Crippen LogP contribution in [0.1, 0.15) is 81.1 Å². The summed E-state index contributed by atoms with van der Waals surface area (Å²) >= 11 is 0. The highest BCUT2D eigenvalue weighted by atomic mass is 16.5. The van der Waals surface area contributed by atoms with Crippen molar-refractivity contribution in [3.8, 4) is 0 Å². The smallest absolute Gasteiger partial charge is 0.248 e. The van der Waals surface area contributed by atoms with Gasteiger partial charge in [0.1, 0.15) is 0 Å². The summed E-state index contributed by atoms with van der Waals surface area (Å²) in [7, 11) is 1.90. The van der Waals surface area contributed by atoms with E-state index in [0.29, 0.717) is 11.5 Å². The molecule has 156 valence electrons. The minimum Gasteiger partial charge on any atom is -0.378 e. The maximum absolute atomic E-state index is 11.6. The van der Waals surface area contributed by atoms with Gasteiger partial charge in [-0.1, -0.05) is 45.2 Å². The van der Waals surface area contributed by atoms with Crippen LogP contribution in [0.15, 0.2) is 24.3 Å². The summed E-state index contributed by atoms with van der Waals surface area (Å²) in [5, 5.41) is 0. The van der Waals surface area contributed by atoms with E-state index in [1.807, 2.05) is 25.3 Å². The van der Waals surface area contributed by atoms with Gasteiger partial charge >= 0.3 is 0 Å². The van der Waals surface area contributed by atoms with Gasteiger partial charge in [0.25, 0.3) is 0 Å².